The van der Waals surface area contributed by atoms with E-state index in [1.807, 2.05) is 73.0 Å². The molecule has 0 atom stereocenters. The van der Waals surface area contributed by atoms with Gasteiger partial charge < -0.3 is 4.74 Å². The van der Waals surface area contributed by atoms with Crippen molar-refractivity contribution in [3.05, 3.63) is 88.6 Å². The third-order valence-electron chi connectivity index (χ3n) is 3.91. The van der Waals surface area contributed by atoms with E-state index in [1.165, 1.54) is 11.3 Å². The summed E-state index contributed by atoms with van der Waals surface area (Å²) < 4.78 is 7.33. The monoisotopic (exact) mass is 360 g/mol. The zero-order valence-electron chi connectivity index (χ0n) is 14.1. The number of ether oxygens (including phenoxy) is 1. The Hall–Kier alpha value is -3.18. The normalized spacial score (nSPS) is 10.7. The van der Waals surface area contributed by atoms with Gasteiger partial charge in [-0.2, -0.15) is 9.78 Å². The van der Waals surface area contributed by atoms with Crippen LogP contribution in [-0.2, 0) is 0 Å². The number of hydrogen-bond acceptors (Lipinski definition) is 4. The number of rotatable bonds is 4. The molecule has 0 bridgehead atoms. The van der Waals surface area contributed by atoms with Crippen molar-refractivity contribution in [1.82, 2.24) is 9.78 Å². The van der Waals surface area contributed by atoms with Gasteiger partial charge in [-0.25, -0.2) is 4.79 Å². The molecule has 0 radical (unpaired) electrons. The fourth-order valence-electron chi connectivity index (χ4n) is 2.67. The van der Waals surface area contributed by atoms with Gasteiger partial charge in [0.05, 0.1) is 11.4 Å². The van der Waals surface area contributed by atoms with Crippen LogP contribution in [0.25, 0.3) is 16.9 Å². The molecular formula is C21H16N2O2S. The van der Waals surface area contributed by atoms with E-state index in [2.05, 4.69) is 5.10 Å². The standard InChI is InChI=1S/C21H16N2O2S/c1-15-7-5-10-17(13-15)23-20(25-21(24)19-11-6-12-26-19)14-18(22-23)16-8-3-2-4-9-16/h2-14H,1H3. The lowest BCUT2D eigenvalue weighted by molar-refractivity contribution is 0.0728. The number of thiophene rings is 1. The van der Waals surface area contributed by atoms with Crippen molar-refractivity contribution < 1.29 is 9.53 Å². The van der Waals surface area contributed by atoms with Crippen LogP contribution in [0, 0.1) is 6.92 Å². The van der Waals surface area contributed by atoms with Crippen LogP contribution in [0.3, 0.4) is 0 Å². The largest absolute Gasteiger partial charge is 0.403 e. The summed E-state index contributed by atoms with van der Waals surface area (Å²) in [6.45, 7) is 2.02. The second kappa shape index (κ2) is 6.98. The van der Waals surface area contributed by atoms with E-state index in [0.29, 0.717) is 10.8 Å². The highest BCUT2D eigenvalue weighted by molar-refractivity contribution is 7.12. The van der Waals surface area contributed by atoms with Gasteiger partial charge in [-0.3, -0.25) is 0 Å². The van der Waals surface area contributed by atoms with Crippen LogP contribution >= 0.6 is 11.3 Å². The lowest BCUT2D eigenvalue weighted by Crippen LogP contribution is -2.10. The van der Waals surface area contributed by atoms with Crippen LogP contribution in [0.2, 0.25) is 0 Å². The number of carbonyl (C=O) groups is 1. The predicted molar refractivity (Wildman–Crippen MR) is 103 cm³/mol. The van der Waals surface area contributed by atoms with E-state index in [1.54, 1.807) is 16.8 Å². The summed E-state index contributed by atoms with van der Waals surface area (Å²) in [7, 11) is 0. The Morgan fingerprint density at radius 3 is 2.58 bits per heavy atom. The maximum Gasteiger partial charge on any atom is 0.355 e. The molecule has 2 aromatic heterocycles. The predicted octanol–water partition coefficient (Wildman–Crippen LogP) is 5.13. The second-order valence-corrected chi connectivity index (χ2v) is 6.80. The molecule has 0 aliphatic carbocycles. The molecular weight excluding hydrogens is 344 g/mol. The molecule has 4 rings (SSSR count). The molecule has 0 N–H and O–H groups in total. The van der Waals surface area contributed by atoms with Crippen LogP contribution in [0.15, 0.2) is 78.2 Å². The van der Waals surface area contributed by atoms with Crippen molar-refractivity contribution in [2.45, 2.75) is 6.92 Å². The molecule has 0 fully saturated rings. The van der Waals surface area contributed by atoms with Gasteiger partial charge in [0.15, 0.2) is 0 Å². The Labute approximate surface area is 155 Å². The minimum Gasteiger partial charge on any atom is -0.403 e. The third kappa shape index (κ3) is 3.30. The third-order valence-corrected chi connectivity index (χ3v) is 4.76. The zero-order valence-corrected chi connectivity index (χ0v) is 14.9. The minimum atomic E-state index is -0.381. The van der Waals surface area contributed by atoms with Gasteiger partial charge in [-0.15, -0.1) is 11.3 Å². The summed E-state index contributed by atoms with van der Waals surface area (Å²) in [5.74, 6) is 0.0151. The molecule has 2 heterocycles. The fraction of sp³-hybridized carbons (Fsp3) is 0.0476. The highest BCUT2D eigenvalue weighted by Gasteiger charge is 2.17. The molecule has 26 heavy (non-hydrogen) atoms. The molecule has 5 heteroatoms. The Kier molecular flexibility index (Phi) is 4.37. The van der Waals surface area contributed by atoms with Crippen molar-refractivity contribution in [2.75, 3.05) is 0 Å². The first kappa shape index (κ1) is 16.3. The molecule has 0 spiro atoms. The van der Waals surface area contributed by atoms with Gasteiger partial charge in [-0.05, 0) is 36.1 Å². The van der Waals surface area contributed by atoms with E-state index >= 15 is 0 Å². The summed E-state index contributed by atoms with van der Waals surface area (Å²) in [6.07, 6.45) is 0. The number of aryl methyl sites for hydroxylation is 1. The summed E-state index contributed by atoms with van der Waals surface area (Å²) in [4.78, 5) is 13.0. The van der Waals surface area contributed by atoms with Gasteiger partial charge in [0.25, 0.3) is 0 Å². The Morgan fingerprint density at radius 1 is 1.00 bits per heavy atom. The lowest BCUT2D eigenvalue weighted by atomic mass is 10.2. The highest BCUT2D eigenvalue weighted by atomic mass is 32.1. The average molecular weight is 360 g/mol. The quantitative estimate of drug-likeness (QED) is 0.474. The molecule has 0 saturated carbocycles. The van der Waals surface area contributed by atoms with E-state index in [4.69, 9.17) is 4.74 Å². The van der Waals surface area contributed by atoms with E-state index in [-0.39, 0.29) is 5.97 Å². The topological polar surface area (TPSA) is 44.1 Å². The minimum absolute atomic E-state index is 0.381. The maximum absolute atomic E-state index is 12.4. The van der Waals surface area contributed by atoms with Crippen molar-refractivity contribution in [2.24, 2.45) is 0 Å². The first-order valence-electron chi connectivity index (χ1n) is 8.19. The Balaban J connectivity index is 1.77. The molecule has 0 unspecified atom stereocenters. The van der Waals surface area contributed by atoms with Gasteiger partial charge in [0.1, 0.15) is 4.88 Å². The highest BCUT2D eigenvalue weighted by Crippen LogP contribution is 2.27. The smallest absolute Gasteiger partial charge is 0.355 e. The van der Waals surface area contributed by atoms with Crippen LogP contribution in [0.4, 0.5) is 0 Å². The summed E-state index contributed by atoms with van der Waals surface area (Å²) >= 11 is 1.35. The van der Waals surface area contributed by atoms with Crippen LogP contribution in [0.1, 0.15) is 15.2 Å². The van der Waals surface area contributed by atoms with Gasteiger partial charge in [0, 0.05) is 11.6 Å². The first-order chi connectivity index (χ1) is 12.7. The molecule has 128 valence electrons. The fourth-order valence-corrected chi connectivity index (χ4v) is 3.27. The molecule has 4 nitrogen and oxygen atoms in total. The SMILES string of the molecule is Cc1cccc(-n2nc(-c3ccccc3)cc2OC(=O)c2cccs2)c1. The maximum atomic E-state index is 12.4. The number of nitrogens with zero attached hydrogens (tertiary/aromatic N) is 2. The second-order valence-electron chi connectivity index (χ2n) is 5.85. The van der Waals surface area contributed by atoms with Crippen molar-refractivity contribution in [3.8, 4) is 22.8 Å². The lowest BCUT2D eigenvalue weighted by Gasteiger charge is -2.07. The Morgan fingerprint density at radius 2 is 1.85 bits per heavy atom. The summed E-state index contributed by atoms with van der Waals surface area (Å²) in [6, 6.07) is 23.1. The van der Waals surface area contributed by atoms with E-state index in [0.717, 1.165) is 22.5 Å². The first-order valence-corrected chi connectivity index (χ1v) is 9.07. The number of carbonyl (C=O) groups excluding carboxylic acids is 1. The van der Waals surface area contributed by atoms with Crippen molar-refractivity contribution >= 4 is 17.3 Å². The molecule has 0 saturated heterocycles. The average Bonchev–Trinajstić information content (AvgIpc) is 3.33. The molecule has 0 aliphatic rings. The Bertz CT molecular complexity index is 1040. The summed E-state index contributed by atoms with van der Waals surface area (Å²) in [5.41, 5.74) is 3.67. The van der Waals surface area contributed by atoms with Gasteiger partial charge >= 0.3 is 5.97 Å². The van der Waals surface area contributed by atoms with Crippen LogP contribution in [-0.4, -0.2) is 15.7 Å². The van der Waals surface area contributed by atoms with Crippen molar-refractivity contribution in [1.29, 1.82) is 0 Å². The van der Waals surface area contributed by atoms with Gasteiger partial charge in [-0.1, -0.05) is 48.5 Å². The van der Waals surface area contributed by atoms with Crippen LogP contribution in [0.5, 0.6) is 5.88 Å². The van der Waals surface area contributed by atoms with Gasteiger partial charge in [0.2, 0.25) is 5.88 Å². The number of hydrogen-bond donors (Lipinski definition) is 0. The zero-order chi connectivity index (χ0) is 17.9. The number of benzene rings is 2. The van der Waals surface area contributed by atoms with E-state index in [9.17, 15) is 4.79 Å². The molecule has 2 aromatic carbocycles. The van der Waals surface area contributed by atoms with Crippen LogP contribution < -0.4 is 4.74 Å². The number of esters is 1. The molecule has 4 aromatic rings. The van der Waals surface area contributed by atoms with Crippen molar-refractivity contribution in [3.63, 3.8) is 0 Å². The molecule has 0 amide bonds. The van der Waals surface area contributed by atoms with E-state index < -0.39 is 0 Å². The number of aromatic nitrogens is 2. The summed E-state index contributed by atoms with van der Waals surface area (Å²) in [5, 5.41) is 6.52. The molecule has 0 aliphatic heterocycles.